The number of nitrogens with one attached hydrogen (secondary N) is 1. The molecule has 0 aliphatic heterocycles. The second-order valence-electron chi connectivity index (χ2n) is 3.83. The highest BCUT2D eigenvalue weighted by Gasteiger charge is 2.06. The van der Waals surface area contributed by atoms with E-state index >= 15 is 0 Å². The Morgan fingerprint density at radius 1 is 1.22 bits per heavy atom. The van der Waals surface area contributed by atoms with Gasteiger partial charge in [-0.2, -0.15) is 16.6 Å². The minimum atomic E-state index is 0.555. The Bertz CT molecular complexity index is 726. The maximum atomic E-state index is 9.18. The van der Waals surface area contributed by atoms with Gasteiger partial charge in [0.15, 0.2) is 0 Å². The van der Waals surface area contributed by atoms with E-state index in [4.69, 9.17) is 0 Å². The SMILES string of the molecule is N#Cc1cc2ccccc2nc1Nc1ccsc1. The van der Waals surface area contributed by atoms with Crippen LogP contribution in [0.15, 0.2) is 47.2 Å². The van der Waals surface area contributed by atoms with Gasteiger partial charge < -0.3 is 5.32 Å². The summed E-state index contributed by atoms with van der Waals surface area (Å²) in [4.78, 5) is 4.49. The van der Waals surface area contributed by atoms with E-state index < -0.39 is 0 Å². The molecule has 4 heteroatoms. The topological polar surface area (TPSA) is 48.7 Å². The van der Waals surface area contributed by atoms with Crippen LogP contribution in [-0.4, -0.2) is 4.98 Å². The predicted octanol–water partition coefficient (Wildman–Crippen LogP) is 3.91. The van der Waals surface area contributed by atoms with Crippen LogP contribution in [0, 0.1) is 11.3 Å². The summed E-state index contributed by atoms with van der Waals surface area (Å²) in [5.41, 5.74) is 2.40. The Labute approximate surface area is 108 Å². The molecule has 2 heterocycles. The van der Waals surface area contributed by atoms with E-state index in [-0.39, 0.29) is 0 Å². The molecule has 2 aromatic heterocycles. The summed E-state index contributed by atoms with van der Waals surface area (Å²) < 4.78 is 0. The first kappa shape index (κ1) is 10.8. The second kappa shape index (κ2) is 4.47. The Kier molecular flexibility index (Phi) is 2.67. The summed E-state index contributed by atoms with van der Waals surface area (Å²) in [6, 6.07) is 13.8. The molecule has 0 fully saturated rings. The van der Waals surface area contributed by atoms with Gasteiger partial charge in [0.2, 0.25) is 0 Å². The average Bonchev–Trinajstić information content (AvgIpc) is 2.91. The average molecular weight is 251 g/mol. The minimum absolute atomic E-state index is 0.555. The van der Waals surface area contributed by atoms with E-state index in [1.165, 1.54) is 0 Å². The van der Waals surface area contributed by atoms with Gasteiger partial charge in [0, 0.05) is 10.8 Å². The molecule has 0 aliphatic rings. The van der Waals surface area contributed by atoms with Crippen LogP contribution in [0.2, 0.25) is 0 Å². The number of thiophene rings is 1. The molecule has 86 valence electrons. The fourth-order valence-corrected chi connectivity index (χ4v) is 2.36. The lowest BCUT2D eigenvalue weighted by Gasteiger charge is -2.07. The van der Waals surface area contributed by atoms with E-state index in [2.05, 4.69) is 16.4 Å². The molecule has 0 atom stereocenters. The number of pyridine rings is 1. The number of rotatable bonds is 2. The molecule has 0 saturated carbocycles. The van der Waals surface area contributed by atoms with Gasteiger partial charge in [-0.15, -0.1) is 0 Å². The third-order valence-electron chi connectivity index (χ3n) is 2.63. The van der Waals surface area contributed by atoms with Crippen LogP contribution in [-0.2, 0) is 0 Å². The first-order valence-electron chi connectivity index (χ1n) is 5.46. The molecule has 0 aliphatic carbocycles. The van der Waals surface area contributed by atoms with Gasteiger partial charge in [-0.1, -0.05) is 18.2 Å². The number of benzene rings is 1. The largest absolute Gasteiger partial charge is 0.338 e. The van der Waals surface area contributed by atoms with Crippen molar-refractivity contribution in [3.05, 3.63) is 52.7 Å². The molecule has 0 unspecified atom stereocenters. The monoisotopic (exact) mass is 251 g/mol. The fraction of sp³-hybridized carbons (Fsp3) is 0. The number of aromatic nitrogens is 1. The zero-order chi connectivity index (χ0) is 12.4. The molecule has 3 aromatic rings. The van der Waals surface area contributed by atoms with Crippen molar-refractivity contribution < 1.29 is 0 Å². The number of hydrogen-bond donors (Lipinski definition) is 1. The summed E-state index contributed by atoms with van der Waals surface area (Å²) in [5.74, 6) is 0.606. The highest BCUT2D eigenvalue weighted by Crippen LogP contribution is 2.24. The van der Waals surface area contributed by atoms with Gasteiger partial charge in [-0.05, 0) is 23.6 Å². The molecule has 0 amide bonds. The summed E-state index contributed by atoms with van der Waals surface area (Å²) in [7, 11) is 0. The van der Waals surface area contributed by atoms with E-state index in [0.29, 0.717) is 11.4 Å². The predicted molar refractivity (Wildman–Crippen MR) is 74.1 cm³/mol. The first-order valence-corrected chi connectivity index (χ1v) is 6.40. The van der Waals surface area contributed by atoms with E-state index in [9.17, 15) is 5.26 Å². The van der Waals surface area contributed by atoms with Crippen LogP contribution in [0.4, 0.5) is 11.5 Å². The van der Waals surface area contributed by atoms with Gasteiger partial charge in [-0.3, -0.25) is 0 Å². The van der Waals surface area contributed by atoms with Gasteiger partial charge in [-0.25, -0.2) is 4.98 Å². The number of para-hydroxylation sites is 1. The number of hydrogen-bond acceptors (Lipinski definition) is 4. The first-order chi connectivity index (χ1) is 8.86. The normalized spacial score (nSPS) is 10.2. The molecule has 0 radical (unpaired) electrons. The van der Waals surface area contributed by atoms with E-state index in [1.54, 1.807) is 11.3 Å². The maximum Gasteiger partial charge on any atom is 0.149 e. The second-order valence-corrected chi connectivity index (χ2v) is 4.61. The molecule has 1 N–H and O–H groups in total. The molecule has 3 rings (SSSR count). The van der Waals surface area contributed by atoms with Crippen molar-refractivity contribution >= 4 is 33.7 Å². The molecular formula is C14H9N3S. The Balaban J connectivity index is 2.12. The lowest BCUT2D eigenvalue weighted by Crippen LogP contribution is -1.96. The zero-order valence-corrected chi connectivity index (χ0v) is 10.2. The van der Waals surface area contributed by atoms with Crippen molar-refractivity contribution in [2.24, 2.45) is 0 Å². The molecule has 1 aromatic carbocycles. The smallest absolute Gasteiger partial charge is 0.149 e. The molecule has 0 spiro atoms. The summed E-state index contributed by atoms with van der Waals surface area (Å²) in [6.07, 6.45) is 0. The number of anilines is 2. The van der Waals surface area contributed by atoms with E-state index in [0.717, 1.165) is 16.6 Å². The minimum Gasteiger partial charge on any atom is -0.338 e. The Morgan fingerprint density at radius 3 is 2.89 bits per heavy atom. The van der Waals surface area contributed by atoms with E-state index in [1.807, 2.05) is 47.2 Å². The molecule has 0 bridgehead atoms. The van der Waals surface area contributed by atoms with Crippen molar-refractivity contribution in [1.29, 1.82) is 5.26 Å². The maximum absolute atomic E-state index is 9.18. The van der Waals surface area contributed by atoms with Crippen molar-refractivity contribution in [1.82, 2.24) is 4.98 Å². The van der Waals surface area contributed by atoms with Crippen LogP contribution >= 0.6 is 11.3 Å². The molecule has 3 nitrogen and oxygen atoms in total. The number of nitrogens with zero attached hydrogens (tertiary/aromatic N) is 2. The lowest BCUT2D eigenvalue weighted by atomic mass is 10.1. The van der Waals surface area contributed by atoms with Gasteiger partial charge in [0.25, 0.3) is 0 Å². The molecular weight excluding hydrogens is 242 g/mol. The zero-order valence-electron chi connectivity index (χ0n) is 9.42. The number of fused-ring (bicyclic) bond motifs is 1. The summed E-state index contributed by atoms with van der Waals surface area (Å²) in [5, 5.41) is 17.3. The Morgan fingerprint density at radius 2 is 2.11 bits per heavy atom. The van der Waals surface area contributed by atoms with Crippen molar-refractivity contribution in [2.45, 2.75) is 0 Å². The summed E-state index contributed by atoms with van der Waals surface area (Å²) in [6.45, 7) is 0. The number of nitriles is 1. The van der Waals surface area contributed by atoms with Crippen LogP contribution in [0.5, 0.6) is 0 Å². The quantitative estimate of drug-likeness (QED) is 0.751. The van der Waals surface area contributed by atoms with Crippen LogP contribution in [0.1, 0.15) is 5.56 Å². The highest BCUT2D eigenvalue weighted by molar-refractivity contribution is 7.08. The van der Waals surface area contributed by atoms with Crippen molar-refractivity contribution in [3.63, 3.8) is 0 Å². The third kappa shape index (κ3) is 1.92. The lowest BCUT2D eigenvalue weighted by molar-refractivity contribution is 1.35. The molecule has 18 heavy (non-hydrogen) atoms. The fourth-order valence-electron chi connectivity index (χ4n) is 1.77. The van der Waals surface area contributed by atoms with Crippen molar-refractivity contribution in [3.8, 4) is 6.07 Å². The van der Waals surface area contributed by atoms with Gasteiger partial charge >= 0.3 is 0 Å². The summed E-state index contributed by atoms with van der Waals surface area (Å²) >= 11 is 1.60. The van der Waals surface area contributed by atoms with Gasteiger partial charge in [0.05, 0.1) is 16.8 Å². The van der Waals surface area contributed by atoms with Gasteiger partial charge in [0.1, 0.15) is 11.9 Å². The Hall–Kier alpha value is -2.38. The van der Waals surface area contributed by atoms with Crippen LogP contribution in [0.25, 0.3) is 10.9 Å². The highest BCUT2D eigenvalue weighted by atomic mass is 32.1. The standard InChI is InChI=1S/C14H9N3S/c15-8-11-7-10-3-1-2-4-13(10)17-14(11)16-12-5-6-18-9-12/h1-7,9H,(H,16,17). The van der Waals surface area contributed by atoms with Crippen LogP contribution in [0.3, 0.4) is 0 Å². The molecule has 0 saturated heterocycles. The third-order valence-corrected chi connectivity index (χ3v) is 3.31. The van der Waals surface area contributed by atoms with Crippen LogP contribution < -0.4 is 5.32 Å². The van der Waals surface area contributed by atoms with Crippen molar-refractivity contribution in [2.75, 3.05) is 5.32 Å².